The molecule has 0 fully saturated rings. The zero-order chi connectivity index (χ0) is 38.8. The summed E-state index contributed by atoms with van der Waals surface area (Å²) in [6, 6.07) is 71.2. The Bertz CT molecular complexity index is 3020. The predicted octanol–water partition coefficient (Wildman–Crippen LogP) is 15.6. The van der Waals surface area contributed by atoms with Crippen LogP contribution in [0.4, 0.5) is 17.1 Å². The van der Waals surface area contributed by atoms with Crippen molar-refractivity contribution in [2.75, 3.05) is 4.90 Å². The molecule has 3 heteroatoms. The summed E-state index contributed by atoms with van der Waals surface area (Å²) in [5.74, 6) is 1.68. The quantitative estimate of drug-likeness (QED) is 0.163. The highest BCUT2D eigenvalue weighted by Crippen LogP contribution is 2.52. The number of benzene rings is 8. The van der Waals surface area contributed by atoms with Gasteiger partial charge in [0.05, 0.1) is 0 Å². The molecule has 0 radical (unpaired) electrons. The van der Waals surface area contributed by atoms with Gasteiger partial charge in [0.1, 0.15) is 22.7 Å². The fourth-order valence-corrected chi connectivity index (χ4v) is 8.86. The van der Waals surface area contributed by atoms with Gasteiger partial charge in [0.2, 0.25) is 0 Å². The van der Waals surface area contributed by atoms with E-state index in [1.807, 2.05) is 12.1 Å². The molecule has 0 aliphatic heterocycles. The molecule has 2 aromatic heterocycles. The van der Waals surface area contributed by atoms with Crippen molar-refractivity contribution in [1.82, 2.24) is 0 Å². The van der Waals surface area contributed by atoms with Crippen molar-refractivity contribution in [2.24, 2.45) is 0 Å². The van der Waals surface area contributed by atoms with Crippen LogP contribution < -0.4 is 4.90 Å². The van der Waals surface area contributed by atoms with Crippen molar-refractivity contribution >= 4 is 39.0 Å². The number of nitrogens with zero attached hydrogens (tertiary/aromatic N) is 1. The van der Waals surface area contributed by atoms with Crippen LogP contribution in [0.3, 0.4) is 0 Å². The third kappa shape index (κ3) is 5.66. The first-order valence-electron chi connectivity index (χ1n) is 19.9. The molecule has 0 saturated carbocycles. The van der Waals surface area contributed by atoms with Gasteiger partial charge in [-0.1, -0.05) is 129 Å². The molecule has 1 aliphatic rings. The zero-order valence-corrected chi connectivity index (χ0v) is 32.3. The first kappa shape index (κ1) is 33.9. The van der Waals surface area contributed by atoms with E-state index in [0.29, 0.717) is 0 Å². The van der Waals surface area contributed by atoms with Crippen LogP contribution in [0, 0.1) is 0 Å². The van der Waals surface area contributed by atoms with Gasteiger partial charge < -0.3 is 13.7 Å². The Hall–Kier alpha value is -7.36. The van der Waals surface area contributed by atoms with Crippen LogP contribution in [0.15, 0.2) is 209 Å². The average Bonchev–Trinajstić information content (AvgIpc) is 3.98. The van der Waals surface area contributed by atoms with E-state index in [4.69, 9.17) is 8.83 Å². The number of fused-ring (bicyclic) bond motifs is 6. The number of anilines is 3. The molecule has 58 heavy (non-hydrogen) atoms. The lowest BCUT2D eigenvalue weighted by molar-refractivity contribution is 0.597. The van der Waals surface area contributed by atoms with Crippen LogP contribution in [0.1, 0.15) is 25.0 Å². The average molecular weight is 746 g/mol. The molecule has 10 aromatic rings. The molecule has 0 spiro atoms. The third-order valence-electron chi connectivity index (χ3n) is 11.9. The van der Waals surface area contributed by atoms with Crippen molar-refractivity contribution in [3.8, 4) is 56.0 Å². The second kappa shape index (κ2) is 13.4. The van der Waals surface area contributed by atoms with E-state index in [2.05, 4.69) is 207 Å². The highest BCUT2D eigenvalue weighted by Gasteiger charge is 2.36. The maximum absolute atomic E-state index is 6.62. The summed E-state index contributed by atoms with van der Waals surface area (Å²) < 4.78 is 12.9. The normalized spacial score (nSPS) is 12.8. The minimum absolute atomic E-state index is 0.145. The Morgan fingerprint density at radius 3 is 1.43 bits per heavy atom. The summed E-state index contributed by atoms with van der Waals surface area (Å²) in [7, 11) is 0. The second-order valence-electron chi connectivity index (χ2n) is 15.7. The van der Waals surface area contributed by atoms with E-state index in [0.717, 1.165) is 61.6 Å². The van der Waals surface area contributed by atoms with Crippen LogP contribution in [-0.4, -0.2) is 0 Å². The maximum Gasteiger partial charge on any atom is 0.135 e. The molecule has 1 aliphatic carbocycles. The number of hydrogen-bond acceptors (Lipinski definition) is 3. The number of para-hydroxylation sites is 1. The van der Waals surface area contributed by atoms with Crippen molar-refractivity contribution < 1.29 is 8.83 Å². The summed E-state index contributed by atoms with van der Waals surface area (Å²) >= 11 is 0. The Labute approximate surface area is 338 Å². The Morgan fingerprint density at radius 1 is 0.345 bits per heavy atom. The Morgan fingerprint density at radius 2 is 0.828 bits per heavy atom. The molecule has 2 heterocycles. The van der Waals surface area contributed by atoms with E-state index in [1.165, 1.54) is 44.5 Å². The van der Waals surface area contributed by atoms with Gasteiger partial charge >= 0.3 is 0 Å². The summed E-state index contributed by atoms with van der Waals surface area (Å²) in [4.78, 5) is 2.31. The molecule has 276 valence electrons. The first-order chi connectivity index (χ1) is 28.5. The van der Waals surface area contributed by atoms with Crippen molar-refractivity contribution in [3.05, 3.63) is 211 Å². The molecule has 0 unspecified atom stereocenters. The van der Waals surface area contributed by atoms with Gasteiger partial charge in [-0.3, -0.25) is 0 Å². The van der Waals surface area contributed by atoms with Gasteiger partial charge in [-0.25, -0.2) is 0 Å². The lowest BCUT2D eigenvalue weighted by Gasteiger charge is -2.26. The van der Waals surface area contributed by atoms with Crippen LogP contribution in [0.5, 0.6) is 0 Å². The lowest BCUT2D eigenvalue weighted by Crippen LogP contribution is -2.14. The molecular weight excluding hydrogens is 707 g/mol. The molecule has 3 nitrogen and oxygen atoms in total. The molecule has 8 aromatic carbocycles. The monoisotopic (exact) mass is 745 g/mol. The summed E-state index contributed by atoms with van der Waals surface area (Å²) in [6.07, 6.45) is 0. The lowest BCUT2D eigenvalue weighted by atomic mass is 9.82. The largest absolute Gasteiger partial charge is 0.456 e. The van der Waals surface area contributed by atoms with Gasteiger partial charge in [-0.15, -0.1) is 0 Å². The van der Waals surface area contributed by atoms with Crippen LogP contribution in [0.25, 0.3) is 78.0 Å². The van der Waals surface area contributed by atoms with Crippen molar-refractivity contribution in [3.63, 3.8) is 0 Å². The predicted molar refractivity (Wildman–Crippen MR) is 240 cm³/mol. The minimum atomic E-state index is -0.145. The van der Waals surface area contributed by atoms with E-state index < -0.39 is 0 Å². The topological polar surface area (TPSA) is 29.5 Å². The minimum Gasteiger partial charge on any atom is -0.456 e. The van der Waals surface area contributed by atoms with Gasteiger partial charge in [-0.2, -0.15) is 0 Å². The fraction of sp³-hybridized carbons (Fsp3) is 0.0545. The molecule has 0 bridgehead atoms. The smallest absolute Gasteiger partial charge is 0.135 e. The highest BCUT2D eigenvalue weighted by atomic mass is 16.3. The van der Waals surface area contributed by atoms with Gasteiger partial charge in [0.15, 0.2) is 0 Å². The standard InChI is InChI=1S/C55H39NO2/c1-55(2)49-30-23-41(33-46(49)47-34-48-45-15-9-10-16-53(45)58-54(48)35-50(47)55)52-32-31-51(57-52)40-21-28-44(29-22-40)56(42-24-17-38(18-25-42)36-11-5-3-6-12-36)43-26-19-39(20-27-43)37-13-7-4-8-14-37/h3-35H,1-2H3. The van der Waals surface area contributed by atoms with Crippen molar-refractivity contribution in [1.29, 1.82) is 0 Å². The third-order valence-corrected chi connectivity index (χ3v) is 11.9. The number of rotatable bonds is 7. The van der Waals surface area contributed by atoms with Gasteiger partial charge in [0, 0.05) is 44.4 Å². The number of furan rings is 2. The Kier molecular flexibility index (Phi) is 7.84. The molecule has 11 rings (SSSR count). The van der Waals surface area contributed by atoms with E-state index in [1.54, 1.807) is 0 Å². The van der Waals surface area contributed by atoms with Crippen LogP contribution in [0.2, 0.25) is 0 Å². The van der Waals surface area contributed by atoms with E-state index in [9.17, 15) is 0 Å². The molecular formula is C55H39NO2. The van der Waals surface area contributed by atoms with Gasteiger partial charge in [0.25, 0.3) is 0 Å². The summed E-state index contributed by atoms with van der Waals surface area (Å²) in [5, 5.41) is 2.30. The molecule has 0 amide bonds. The second-order valence-corrected chi connectivity index (χ2v) is 15.7. The molecule has 0 saturated heterocycles. The van der Waals surface area contributed by atoms with E-state index >= 15 is 0 Å². The zero-order valence-electron chi connectivity index (χ0n) is 32.3. The summed E-state index contributed by atoms with van der Waals surface area (Å²) in [6.45, 7) is 4.61. The summed E-state index contributed by atoms with van der Waals surface area (Å²) in [5.41, 5.74) is 16.9. The molecule has 0 N–H and O–H groups in total. The molecule has 0 atom stereocenters. The van der Waals surface area contributed by atoms with Gasteiger partial charge in [-0.05, 0) is 129 Å². The maximum atomic E-state index is 6.62. The van der Waals surface area contributed by atoms with Crippen molar-refractivity contribution in [2.45, 2.75) is 19.3 Å². The SMILES string of the molecule is CC1(C)c2ccc(-c3ccc(-c4ccc(N(c5ccc(-c6ccccc6)cc5)c5ccc(-c6ccccc6)cc5)cc4)o3)cc2-c2cc3c(cc21)oc1ccccc13. The number of hydrogen-bond donors (Lipinski definition) is 0. The highest BCUT2D eigenvalue weighted by molar-refractivity contribution is 6.08. The van der Waals surface area contributed by atoms with Crippen LogP contribution in [-0.2, 0) is 5.41 Å². The fourth-order valence-electron chi connectivity index (χ4n) is 8.86. The van der Waals surface area contributed by atoms with Crippen LogP contribution >= 0.6 is 0 Å². The van der Waals surface area contributed by atoms with E-state index in [-0.39, 0.29) is 5.41 Å². The Balaban J connectivity index is 0.918. The first-order valence-corrected chi connectivity index (χ1v) is 19.9.